The molecule has 3 rings (SSSR count). The molecule has 1 aliphatic rings. The Morgan fingerprint density at radius 2 is 2.16 bits per heavy atom. The van der Waals surface area contributed by atoms with Crippen LogP contribution in [0.25, 0.3) is 10.9 Å². The molecule has 1 aliphatic carbocycles. The molecule has 1 aromatic carbocycles. The van der Waals surface area contributed by atoms with Gasteiger partial charge in [0.1, 0.15) is 0 Å². The summed E-state index contributed by atoms with van der Waals surface area (Å²) >= 11 is 0. The Labute approximate surface area is 114 Å². The molecule has 1 saturated carbocycles. The van der Waals surface area contributed by atoms with Gasteiger partial charge < -0.3 is 5.32 Å². The first-order valence-corrected chi connectivity index (χ1v) is 7.13. The van der Waals surface area contributed by atoms with Crippen molar-refractivity contribution in [2.45, 2.75) is 31.7 Å². The molecular weight excluding hydrogens is 234 g/mol. The highest BCUT2D eigenvalue weighted by atomic mass is 15.3. The van der Waals surface area contributed by atoms with E-state index in [4.69, 9.17) is 0 Å². The summed E-state index contributed by atoms with van der Waals surface area (Å²) in [6.45, 7) is 1.10. The summed E-state index contributed by atoms with van der Waals surface area (Å²) in [6, 6.07) is 9.23. The van der Waals surface area contributed by atoms with E-state index in [0.717, 1.165) is 25.4 Å². The number of hydrogen-bond acceptors (Lipinski definition) is 2. The van der Waals surface area contributed by atoms with Crippen LogP contribution in [-0.2, 0) is 13.5 Å². The molecular formula is C16H21N3. The molecule has 1 N–H and O–H groups in total. The van der Waals surface area contributed by atoms with E-state index in [2.05, 4.69) is 46.8 Å². The van der Waals surface area contributed by atoms with Crippen molar-refractivity contribution in [2.75, 3.05) is 6.54 Å². The molecule has 0 atom stereocenters. The lowest BCUT2D eigenvalue weighted by molar-refractivity contribution is 0.689. The molecule has 0 spiro atoms. The number of rotatable bonds is 6. The number of aryl methyl sites for hydroxylation is 1. The Balaban J connectivity index is 1.56. The minimum absolute atomic E-state index is 0.813. The van der Waals surface area contributed by atoms with Crippen LogP contribution in [0.5, 0.6) is 0 Å². The van der Waals surface area contributed by atoms with Crippen LogP contribution in [-0.4, -0.2) is 22.4 Å². The van der Waals surface area contributed by atoms with Crippen molar-refractivity contribution in [2.24, 2.45) is 7.05 Å². The zero-order valence-electron chi connectivity index (χ0n) is 11.5. The van der Waals surface area contributed by atoms with Gasteiger partial charge in [0.2, 0.25) is 0 Å². The lowest BCUT2D eigenvalue weighted by Crippen LogP contribution is -2.16. The van der Waals surface area contributed by atoms with Crippen molar-refractivity contribution in [1.82, 2.24) is 15.1 Å². The summed E-state index contributed by atoms with van der Waals surface area (Å²) in [5.74, 6) is 0. The Morgan fingerprint density at radius 3 is 3.00 bits per heavy atom. The van der Waals surface area contributed by atoms with Crippen molar-refractivity contribution < 1.29 is 0 Å². The molecule has 0 amide bonds. The first-order valence-electron chi connectivity index (χ1n) is 7.13. The zero-order valence-corrected chi connectivity index (χ0v) is 11.5. The highest BCUT2D eigenvalue weighted by molar-refractivity contribution is 5.81. The molecule has 3 heteroatoms. The molecule has 1 aromatic heterocycles. The third-order valence-corrected chi connectivity index (χ3v) is 3.63. The molecule has 2 aromatic rings. The number of benzene rings is 1. The molecule has 3 nitrogen and oxygen atoms in total. The summed E-state index contributed by atoms with van der Waals surface area (Å²) in [6.07, 6.45) is 9.27. The standard InChI is InChI=1S/C16H21N3/c1-19-16-9-5-4-7-14(16)15(18-19)8-3-2-6-12-17-13-10-11-13/h2-5,7,9,13,17H,6,8,10-12H2,1H3. The number of nitrogens with zero attached hydrogens (tertiary/aromatic N) is 2. The zero-order chi connectivity index (χ0) is 13.1. The quantitative estimate of drug-likeness (QED) is 0.635. The van der Waals surface area contributed by atoms with E-state index in [9.17, 15) is 0 Å². The van der Waals surface area contributed by atoms with E-state index in [-0.39, 0.29) is 0 Å². The van der Waals surface area contributed by atoms with Crippen molar-refractivity contribution in [3.63, 3.8) is 0 Å². The predicted molar refractivity (Wildman–Crippen MR) is 79.2 cm³/mol. The Hall–Kier alpha value is -1.61. The van der Waals surface area contributed by atoms with Gasteiger partial charge >= 0.3 is 0 Å². The molecule has 1 fully saturated rings. The van der Waals surface area contributed by atoms with E-state index in [1.54, 1.807) is 0 Å². The predicted octanol–water partition coefficient (Wildman–Crippen LogP) is 2.81. The molecule has 100 valence electrons. The third-order valence-electron chi connectivity index (χ3n) is 3.63. The maximum Gasteiger partial charge on any atom is 0.0740 e. The first kappa shape index (κ1) is 12.4. The van der Waals surface area contributed by atoms with Crippen LogP contribution in [0.4, 0.5) is 0 Å². The molecule has 1 heterocycles. The van der Waals surface area contributed by atoms with Gasteiger partial charge in [0.25, 0.3) is 0 Å². The van der Waals surface area contributed by atoms with Crippen LogP contribution < -0.4 is 5.32 Å². The molecule has 0 unspecified atom stereocenters. The van der Waals surface area contributed by atoms with Gasteiger partial charge in [0, 0.05) is 24.9 Å². The van der Waals surface area contributed by atoms with Gasteiger partial charge in [0.05, 0.1) is 11.2 Å². The monoisotopic (exact) mass is 255 g/mol. The minimum atomic E-state index is 0.813. The molecule has 0 bridgehead atoms. The van der Waals surface area contributed by atoms with Gasteiger partial charge in [-0.3, -0.25) is 4.68 Å². The Morgan fingerprint density at radius 1 is 1.32 bits per heavy atom. The second kappa shape index (κ2) is 5.57. The second-order valence-electron chi connectivity index (χ2n) is 5.28. The van der Waals surface area contributed by atoms with E-state index >= 15 is 0 Å². The normalized spacial score (nSPS) is 15.6. The van der Waals surface area contributed by atoms with Gasteiger partial charge in [-0.15, -0.1) is 0 Å². The average Bonchev–Trinajstić information content (AvgIpc) is 3.20. The fourth-order valence-electron chi connectivity index (χ4n) is 2.41. The smallest absolute Gasteiger partial charge is 0.0740 e. The lowest BCUT2D eigenvalue weighted by Gasteiger charge is -1.97. The van der Waals surface area contributed by atoms with Crippen molar-refractivity contribution >= 4 is 10.9 Å². The van der Waals surface area contributed by atoms with Crippen molar-refractivity contribution in [3.8, 4) is 0 Å². The number of para-hydroxylation sites is 1. The number of fused-ring (bicyclic) bond motifs is 1. The molecule has 0 saturated heterocycles. The Bertz CT molecular complexity index is 579. The summed E-state index contributed by atoms with van der Waals surface area (Å²) in [5.41, 5.74) is 2.38. The summed E-state index contributed by atoms with van der Waals surface area (Å²) in [4.78, 5) is 0. The highest BCUT2D eigenvalue weighted by Gasteiger charge is 2.19. The van der Waals surface area contributed by atoms with Crippen LogP contribution >= 0.6 is 0 Å². The van der Waals surface area contributed by atoms with E-state index in [0.29, 0.717) is 0 Å². The highest BCUT2D eigenvalue weighted by Crippen LogP contribution is 2.19. The largest absolute Gasteiger partial charge is 0.314 e. The second-order valence-corrected chi connectivity index (χ2v) is 5.28. The van der Waals surface area contributed by atoms with Crippen molar-refractivity contribution in [1.29, 1.82) is 0 Å². The summed E-state index contributed by atoms with van der Waals surface area (Å²) in [7, 11) is 2.01. The molecule has 0 radical (unpaired) electrons. The van der Waals surface area contributed by atoms with Gasteiger partial charge in [0.15, 0.2) is 0 Å². The SMILES string of the molecule is Cn1nc(CC=CCCNC2CC2)c2ccccc21. The summed E-state index contributed by atoms with van der Waals surface area (Å²) < 4.78 is 1.97. The number of aromatic nitrogens is 2. The van der Waals surface area contributed by atoms with Crippen LogP contribution in [0.3, 0.4) is 0 Å². The van der Waals surface area contributed by atoms with Crippen LogP contribution in [0.1, 0.15) is 25.0 Å². The fraction of sp³-hybridized carbons (Fsp3) is 0.438. The van der Waals surface area contributed by atoms with Gasteiger partial charge in [-0.25, -0.2) is 0 Å². The van der Waals surface area contributed by atoms with E-state index < -0.39 is 0 Å². The van der Waals surface area contributed by atoms with Gasteiger partial charge in [-0.2, -0.15) is 5.10 Å². The number of hydrogen-bond donors (Lipinski definition) is 1. The fourth-order valence-corrected chi connectivity index (χ4v) is 2.41. The number of allylic oxidation sites excluding steroid dienone is 1. The lowest BCUT2D eigenvalue weighted by atomic mass is 10.1. The maximum absolute atomic E-state index is 4.60. The number of nitrogens with one attached hydrogen (secondary N) is 1. The minimum Gasteiger partial charge on any atom is -0.314 e. The maximum atomic E-state index is 4.60. The van der Waals surface area contributed by atoms with Crippen LogP contribution in [0.15, 0.2) is 36.4 Å². The molecule has 0 aliphatic heterocycles. The summed E-state index contributed by atoms with van der Waals surface area (Å²) in [5, 5.41) is 9.38. The van der Waals surface area contributed by atoms with E-state index in [1.165, 1.54) is 29.4 Å². The van der Waals surface area contributed by atoms with Crippen LogP contribution in [0, 0.1) is 0 Å². The van der Waals surface area contributed by atoms with E-state index in [1.807, 2.05) is 11.7 Å². The van der Waals surface area contributed by atoms with Gasteiger partial charge in [-0.1, -0.05) is 30.4 Å². The molecule has 19 heavy (non-hydrogen) atoms. The van der Waals surface area contributed by atoms with Crippen molar-refractivity contribution in [3.05, 3.63) is 42.1 Å². The first-order chi connectivity index (χ1) is 9.34. The van der Waals surface area contributed by atoms with Crippen LogP contribution in [0.2, 0.25) is 0 Å². The Kier molecular flexibility index (Phi) is 3.65. The topological polar surface area (TPSA) is 29.9 Å². The van der Waals surface area contributed by atoms with Gasteiger partial charge in [-0.05, 0) is 31.9 Å². The third kappa shape index (κ3) is 3.04. The average molecular weight is 255 g/mol.